The van der Waals surface area contributed by atoms with Crippen molar-refractivity contribution in [1.29, 1.82) is 5.39 Å². The topological polar surface area (TPSA) is 133 Å². The van der Waals surface area contributed by atoms with E-state index in [1.165, 1.54) is 12.1 Å². The lowest BCUT2D eigenvalue weighted by Gasteiger charge is -2.22. The van der Waals surface area contributed by atoms with Gasteiger partial charge in [0.25, 0.3) is 11.8 Å². The molecule has 5 N–H and O–H groups in total. The zero-order valence-electron chi connectivity index (χ0n) is 13.0. The van der Waals surface area contributed by atoms with Gasteiger partial charge in [0.2, 0.25) is 11.2 Å². The molecule has 8 nitrogen and oxygen atoms in total. The zero-order valence-corrected chi connectivity index (χ0v) is 13.0. The van der Waals surface area contributed by atoms with Crippen LogP contribution in [0.2, 0.25) is 0 Å². The summed E-state index contributed by atoms with van der Waals surface area (Å²) >= 11 is 0. The molecule has 23 heavy (non-hydrogen) atoms. The number of carbonyl (C=O) groups excluding carboxylic acids is 2. The molecule has 2 unspecified atom stereocenters. The number of aliphatic hydroxyl groups excluding tert-OH is 1. The van der Waals surface area contributed by atoms with Crippen LogP contribution < -0.4 is 16.6 Å². The molecule has 0 spiro atoms. The number of amides is 2. The maximum atomic E-state index is 12.5. The molecule has 0 bridgehead atoms. The Morgan fingerprint density at radius 1 is 1.35 bits per heavy atom. The van der Waals surface area contributed by atoms with Gasteiger partial charge in [-0.1, -0.05) is 32.4 Å². The Bertz CT molecular complexity index is 651. The summed E-state index contributed by atoms with van der Waals surface area (Å²) in [6.45, 7) is 3.72. The predicted octanol–water partition coefficient (Wildman–Crippen LogP) is 1.69. The molecule has 2 amide bonds. The van der Waals surface area contributed by atoms with Gasteiger partial charge in [0.15, 0.2) is 4.98 Å². The molecule has 0 aliphatic carbocycles. The second kappa shape index (κ2) is 8.51. The van der Waals surface area contributed by atoms with Crippen molar-refractivity contribution in [3.8, 4) is 0 Å². The molecule has 1 aromatic carbocycles. The summed E-state index contributed by atoms with van der Waals surface area (Å²) in [6, 6.07) is 5.41. The molecule has 0 saturated heterocycles. The van der Waals surface area contributed by atoms with E-state index in [1.807, 2.05) is 19.3 Å². The molecule has 1 rings (SSSR count). The first-order valence-electron chi connectivity index (χ1n) is 7.10. The number of hydrogen-bond donors (Lipinski definition) is 4. The van der Waals surface area contributed by atoms with E-state index in [0.29, 0.717) is 6.42 Å². The number of hydrogen-bond acceptors (Lipinski definition) is 5. The van der Waals surface area contributed by atoms with Gasteiger partial charge in [-0.2, -0.15) is 0 Å². The molecule has 1 aromatic rings. The Morgan fingerprint density at radius 3 is 2.39 bits per heavy atom. The van der Waals surface area contributed by atoms with E-state index in [2.05, 4.69) is 10.3 Å². The fourth-order valence-electron chi connectivity index (χ4n) is 2.06. The molecule has 0 aliphatic heterocycles. The minimum absolute atomic E-state index is 0.116. The van der Waals surface area contributed by atoms with Gasteiger partial charge in [0.05, 0.1) is 17.2 Å². The molecule has 122 valence electrons. The molecule has 0 heterocycles. The van der Waals surface area contributed by atoms with Crippen molar-refractivity contribution >= 4 is 11.8 Å². The third-order valence-electron chi connectivity index (χ3n) is 3.56. The molecule has 0 aliphatic rings. The Labute approximate surface area is 134 Å². The van der Waals surface area contributed by atoms with E-state index in [9.17, 15) is 14.7 Å². The van der Waals surface area contributed by atoms with Crippen LogP contribution >= 0.6 is 0 Å². The Balaban J connectivity index is 3.12. The van der Waals surface area contributed by atoms with Crippen molar-refractivity contribution < 1.29 is 14.7 Å². The number of carbonyl (C=O) groups is 2. The largest absolute Gasteiger partial charge is 0.504 e. The fraction of sp³-hybridized carbons (Fsp3) is 0.333. The van der Waals surface area contributed by atoms with Gasteiger partial charge in [-0.3, -0.25) is 15.0 Å². The normalized spacial score (nSPS) is 13.6. The number of hydrazine groups is 1. The molecule has 8 heteroatoms. The number of nitrogens with zero attached hydrogens (tertiary/aromatic N) is 2. The summed E-state index contributed by atoms with van der Waals surface area (Å²) < 4.78 is 0. The SMILES string of the molecule is CCC(C)C(NC(=O)c1ccccc1C(=O)NN)C(O)=C[N+]#N. The highest BCUT2D eigenvalue weighted by molar-refractivity contribution is 6.07. The van der Waals surface area contributed by atoms with E-state index in [0.717, 1.165) is 6.20 Å². The quantitative estimate of drug-likeness (QED) is 0.208. The van der Waals surface area contributed by atoms with Gasteiger partial charge >= 0.3 is 6.20 Å². The second-order valence-electron chi connectivity index (χ2n) is 5.03. The smallest absolute Gasteiger partial charge is 0.389 e. The van der Waals surface area contributed by atoms with Crippen LogP contribution in [0, 0.1) is 11.3 Å². The van der Waals surface area contributed by atoms with Crippen LogP contribution in [0.15, 0.2) is 36.2 Å². The fourth-order valence-corrected chi connectivity index (χ4v) is 2.06. The second-order valence-corrected chi connectivity index (χ2v) is 5.03. The Morgan fingerprint density at radius 2 is 1.91 bits per heavy atom. The summed E-state index contributed by atoms with van der Waals surface area (Å²) in [6.07, 6.45) is 1.52. The lowest BCUT2D eigenvalue weighted by Crippen LogP contribution is -2.42. The summed E-state index contributed by atoms with van der Waals surface area (Å²) in [5, 5.41) is 21.1. The third kappa shape index (κ3) is 4.52. The van der Waals surface area contributed by atoms with Crippen molar-refractivity contribution in [2.45, 2.75) is 26.3 Å². The summed E-state index contributed by atoms with van der Waals surface area (Å²) in [4.78, 5) is 27.0. The Kier molecular flexibility index (Phi) is 6.70. The molecule has 0 fully saturated rings. The van der Waals surface area contributed by atoms with E-state index in [-0.39, 0.29) is 22.8 Å². The maximum absolute atomic E-state index is 12.5. The first-order valence-corrected chi connectivity index (χ1v) is 7.10. The highest BCUT2D eigenvalue weighted by Crippen LogP contribution is 2.16. The van der Waals surface area contributed by atoms with Crippen molar-refractivity contribution in [2.24, 2.45) is 11.8 Å². The van der Waals surface area contributed by atoms with Crippen LogP contribution in [-0.2, 0) is 0 Å². The van der Waals surface area contributed by atoms with Gasteiger partial charge in [0.1, 0.15) is 0 Å². The van der Waals surface area contributed by atoms with Crippen LogP contribution in [0.1, 0.15) is 41.0 Å². The van der Waals surface area contributed by atoms with E-state index < -0.39 is 17.9 Å². The standard InChI is InChI=1S/C15H19N5O3/c1-3-9(2)13(12(21)8-18-16)19-14(22)10-6-4-5-7-11(10)15(23)20-17/h4-9,13,16-17H,3H2,1-2H3,(H2,19,21,22)/p+1. The first kappa shape index (κ1) is 18.1. The van der Waals surface area contributed by atoms with Gasteiger partial charge in [-0.05, 0) is 18.1 Å². The van der Waals surface area contributed by atoms with Gasteiger partial charge in [-0.15, -0.1) is 0 Å². The highest BCUT2D eigenvalue weighted by Gasteiger charge is 2.27. The van der Waals surface area contributed by atoms with Gasteiger partial charge in [0, 0.05) is 0 Å². The number of diazo groups is 1. The van der Waals surface area contributed by atoms with E-state index in [4.69, 9.17) is 11.2 Å². The molecular weight excluding hydrogens is 298 g/mol. The highest BCUT2D eigenvalue weighted by atomic mass is 16.3. The van der Waals surface area contributed by atoms with Crippen LogP contribution in [0.5, 0.6) is 0 Å². The monoisotopic (exact) mass is 318 g/mol. The molecular formula is C15H20N5O3+. The van der Waals surface area contributed by atoms with Crippen LogP contribution in [-0.4, -0.2) is 23.0 Å². The van der Waals surface area contributed by atoms with Crippen molar-refractivity contribution in [3.63, 3.8) is 0 Å². The lowest BCUT2D eigenvalue weighted by atomic mass is 9.96. The minimum atomic E-state index is -0.752. The van der Waals surface area contributed by atoms with E-state index >= 15 is 0 Å². The van der Waals surface area contributed by atoms with Gasteiger partial charge in [-0.25, -0.2) is 5.84 Å². The zero-order chi connectivity index (χ0) is 17.4. The number of nitrogen functional groups attached to an aromatic ring is 1. The van der Waals surface area contributed by atoms with Crippen LogP contribution in [0.4, 0.5) is 0 Å². The first-order chi connectivity index (χ1) is 11.0. The molecule has 0 saturated carbocycles. The van der Waals surface area contributed by atoms with Crippen molar-refractivity contribution in [3.05, 3.63) is 52.3 Å². The number of nitrogens with two attached hydrogens (primary N) is 1. The predicted molar refractivity (Wildman–Crippen MR) is 84.6 cm³/mol. The number of benzene rings is 1. The molecule has 0 radical (unpaired) electrons. The maximum Gasteiger partial charge on any atom is 0.389 e. The average molecular weight is 318 g/mol. The summed E-state index contributed by atoms with van der Waals surface area (Å²) in [5.41, 5.74) is 2.22. The third-order valence-corrected chi connectivity index (χ3v) is 3.56. The van der Waals surface area contributed by atoms with E-state index in [1.54, 1.807) is 12.1 Å². The minimum Gasteiger partial charge on any atom is -0.504 e. The summed E-state index contributed by atoms with van der Waals surface area (Å²) in [5.74, 6) is 3.57. The Hall–Kier alpha value is -2.92. The van der Waals surface area contributed by atoms with Gasteiger partial charge < -0.3 is 10.4 Å². The number of nitrogens with one attached hydrogen (secondary N) is 2. The molecule has 2 atom stereocenters. The summed E-state index contributed by atoms with van der Waals surface area (Å²) in [7, 11) is 0. The van der Waals surface area contributed by atoms with Crippen LogP contribution in [0.25, 0.3) is 4.98 Å². The van der Waals surface area contributed by atoms with Crippen LogP contribution in [0.3, 0.4) is 0 Å². The number of rotatable bonds is 6. The number of aliphatic hydroxyl groups is 1. The average Bonchev–Trinajstić information content (AvgIpc) is 2.58. The lowest BCUT2D eigenvalue weighted by molar-refractivity contribution is 0.0898. The van der Waals surface area contributed by atoms with Crippen molar-refractivity contribution in [2.75, 3.05) is 0 Å². The molecule has 0 aromatic heterocycles. The van der Waals surface area contributed by atoms with Crippen molar-refractivity contribution in [1.82, 2.24) is 10.7 Å².